The summed E-state index contributed by atoms with van der Waals surface area (Å²) in [5.41, 5.74) is 4.82. The van der Waals surface area contributed by atoms with Gasteiger partial charge < -0.3 is 19.7 Å². The molecule has 1 unspecified atom stereocenters. The molecule has 2 N–H and O–H groups in total. The van der Waals surface area contributed by atoms with E-state index in [1.165, 1.54) is 42.2 Å². The van der Waals surface area contributed by atoms with E-state index in [4.69, 9.17) is 9.47 Å². The lowest BCUT2D eigenvalue weighted by molar-refractivity contribution is -0.147. The first kappa shape index (κ1) is 28.9. The Balaban J connectivity index is 1.89. The maximum Gasteiger partial charge on any atom is 0.342 e. The fourth-order valence-electron chi connectivity index (χ4n) is 4.08. The van der Waals surface area contributed by atoms with Crippen LogP contribution in [0, 0.1) is 5.41 Å². The van der Waals surface area contributed by atoms with Gasteiger partial charge in [-0.3, -0.25) is 0 Å². The topological polar surface area (TPSA) is 93.1 Å². The fraction of sp³-hybridized carbons (Fsp3) is 0.400. The Morgan fingerprint density at radius 2 is 1.86 bits per heavy atom. The van der Waals surface area contributed by atoms with Gasteiger partial charge in [-0.15, -0.1) is 0 Å². The van der Waals surface area contributed by atoms with Gasteiger partial charge in [-0.05, 0) is 68.7 Å². The van der Waals surface area contributed by atoms with Gasteiger partial charge in [0, 0.05) is 6.08 Å². The number of allylic oxidation sites excluding steroid dienone is 9. The summed E-state index contributed by atoms with van der Waals surface area (Å²) in [7, 11) is 0. The number of phenols is 1. The van der Waals surface area contributed by atoms with Crippen LogP contribution in [0.5, 0.6) is 5.75 Å². The molecule has 1 aromatic carbocycles. The summed E-state index contributed by atoms with van der Waals surface area (Å²) in [4.78, 5) is 24.3. The number of hydrogen-bond donors (Lipinski definition) is 2. The quantitative estimate of drug-likeness (QED) is 0.236. The number of carbonyl (C=O) groups excluding carboxylic acids is 2. The number of aliphatic hydroxyl groups excluding tert-OH is 1. The van der Waals surface area contributed by atoms with E-state index in [-0.39, 0.29) is 23.3 Å². The number of ether oxygens (including phenoxy) is 2. The number of rotatable bonds is 10. The minimum atomic E-state index is -1.02. The Kier molecular flexibility index (Phi) is 10.9. The predicted octanol–water partition coefficient (Wildman–Crippen LogP) is 5.98. The third-order valence-electron chi connectivity index (χ3n) is 6.13. The second-order valence-corrected chi connectivity index (χ2v) is 9.78. The van der Waals surface area contributed by atoms with Gasteiger partial charge >= 0.3 is 11.9 Å². The summed E-state index contributed by atoms with van der Waals surface area (Å²) in [5, 5.41) is 19.2. The van der Waals surface area contributed by atoms with Crippen molar-refractivity contribution in [3.8, 4) is 5.75 Å². The van der Waals surface area contributed by atoms with Crippen LogP contribution < -0.4 is 0 Å². The molecule has 6 heteroatoms. The third-order valence-corrected chi connectivity index (χ3v) is 6.13. The highest BCUT2D eigenvalue weighted by Gasteiger charge is 2.26. The first-order chi connectivity index (χ1) is 17.0. The Morgan fingerprint density at radius 3 is 2.53 bits per heavy atom. The second-order valence-electron chi connectivity index (χ2n) is 9.78. The van der Waals surface area contributed by atoms with Gasteiger partial charge in [0.1, 0.15) is 17.9 Å². The fourth-order valence-corrected chi connectivity index (χ4v) is 4.08. The zero-order chi connectivity index (χ0) is 26.7. The van der Waals surface area contributed by atoms with Gasteiger partial charge in [0.25, 0.3) is 0 Å². The van der Waals surface area contributed by atoms with Crippen LogP contribution in [-0.2, 0) is 14.3 Å². The molecule has 0 amide bonds. The molecule has 1 aromatic rings. The molecule has 1 atom stereocenters. The van der Waals surface area contributed by atoms with Crippen molar-refractivity contribution in [3.63, 3.8) is 0 Å². The third kappa shape index (κ3) is 9.00. The van der Waals surface area contributed by atoms with Crippen LogP contribution in [0.2, 0.25) is 0 Å². The van der Waals surface area contributed by atoms with E-state index in [9.17, 15) is 19.8 Å². The van der Waals surface area contributed by atoms with Crippen molar-refractivity contribution in [3.05, 3.63) is 88.6 Å². The molecule has 0 heterocycles. The van der Waals surface area contributed by atoms with Crippen LogP contribution in [0.4, 0.5) is 0 Å². The molecule has 0 aliphatic heterocycles. The van der Waals surface area contributed by atoms with Crippen LogP contribution in [0.25, 0.3) is 0 Å². The zero-order valence-corrected chi connectivity index (χ0v) is 21.9. The lowest BCUT2D eigenvalue weighted by Crippen LogP contribution is -2.28. The molecule has 194 valence electrons. The standard InChI is InChI=1S/C30H38O6/c1-21(15-16-26-23(3)12-9-17-30(26,4)5)10-8-11-22(2)18-28(33)36-24(19-31)20-35-29(34)25-13-6-7-14-27(25)32/h6-8,10-11,13-16,18,24,31-32H,9,12,17,19-20H2,1-5H3/b11-8+,16-15+,21-10+,22-18+. The highest BCUT2D eigenvalue weighted by molar-refractivity contribution is 5.92. The summed E-state index contributed by atoms with van der Waals surface area (Å²) in [6.45, 7) is 9.75. The van der Waals surface area contributed by atoms with Gasteiger partial charge in [0.2, 0.25) is 0 Å². The molecule has 0 fully saturated rings. The molecule has 1 aliphatic rings. The van der Waals surface area contributed by atoms with Crippen LogP contribution in [0.15, 0.2) is 83.0 Å². The minimum Gasteiger partial charge on any atom is -0.507 e. The van der Waals surface area contributed by atoms with Crippen LogP contribution in [0.1, 0.15) is 64.2 Å². The van der Waals surface area contributed by atoms with Crippen LogP contribution >= 0.6 is 0 Å². The van der Waals surface area contributed by atoms with Gasteiger partial charge in [-0.2, -0.15) is 0 Å². The number of hydrogen-bond acceptors (Lipinski definition) is 6. The normalized spacial score (nSPS) is 17.5. The van der Waals surface area contributed by atoms with E-state index < -0.39 is 24.6 Å². The maximum absolute atomic E-state index is 12.2. The molecule has 36 heavy (non-hydrogen) atoms. The molecule has 0 saturated carbocycles. The van der Waals surface area contributed by atoms with E-state index in [0.29, 0.717) is 5.57 Å². The minimum absolute atomic E-state index is 0.00565. The van der Waals surface area contributed by atoms with Crippen LogP contribution in [-0.4, -0.2) is 41.5 Å². The number of esters is 2. The summed E-state index contributed by atoms with van der Waals surface area (Å²) >= 11 is 0. The largest absolute Gasteiger partial charge is 0.507 e. The zero-order valence-electron chi connectivity index (χ0n) is 21.9. The van der Waals surface area contributed by atoms with Crippen molar-refractivity contribution < 1.29 is 29.3 Å². The summed E-state index contributed by atoms with van der Waals surface area (Å²) in [5.74, 6) is -1.64. The molecule has 0 bridgehead atoms. The molecule has 2 rings (SSSR count). The number of para-hydroxylation sites is 1. The molecule has 1 aliphatic carbocycles. The van der Waals surface area contributed by atoms with E-state index >= 15 is 0 Å². The van der Waals surface area contributed by atoms with Gasteiger partial charge in [-0.25, -0.2) is 9.59 Å². The number of aliphatic hydroxyl groups is 1. The predicted molar refractivity (Wildman–Crippen MR) is 141 cm³/mol. The smallest absolute Gasteiger partial charge is 0.342 e. The monoisotopic (exact) mass is 494 g/mol. The first-order valence-electron chi connectivity index (χ1n) is 12.2. The van der Waals surface area contributed by atoms with Gasteiger partial charge in [0.05, 0.1) is 6.61 Å². The number of phenolic OH excluding ortho intramolecular Hbond substituents is 1. The average Bonchev–Trinajstić information content (AvgIpc) is 2.81. The van der Waals surface area contributed by atoms with Crippen molar-refractivity contribution in [1.29, 1.82) is 0 Å². The van der Waals surface area contributed by atoms with E-state index in [0.717, 1.165) is 12.0 Å². The van der Waals surface area contributed by atoms with Crippen LogP contribution in [0.3, 0.4) is 0 Å². The second kappa shape index (κ2) is 13.6. The first-order valence-corrected chi connectivity index (χ1v) is 12.2. The number of aromatic hydroxyl groups is 1. The lowest BCUT2D eigenvalue weighted by Gasteiger charge is -2.32. The maximum atomic E-state index is 12.2. The van der Waals surface area contributed by atoms with Crippen molar-refractivity contribution >= 4 is 11.9 Å². The summed E-state index contributed by atoms with van der Waals surface area (Å²) in [6, 6.07) is 5.95. The number of benzene rings is 1. The SMILES string of the molecule is CC1=C(/C=C/C(C)=C/C=C/C(C)=C/C(=O)OC(CO)COC(=O)c2ccccc2O)C(C)(C)CCC1. The average molecular weight is 495 g/mol. The Hall–Kier alpha value is -3.38. The van der Waals surface area contributed by atoms with Crippen molar-refractivity contribution in [2.75, 3.05) is 13.2 Å². The molecule has 0 saturated heterocycles. The molecule has 0 spiro atoms. The van der Waals surface area contributed by atoms with Gasteiger partial charge in [0.15, 0.2) is 6.10 Å². The summed E-state index contributed by atoms with van der Waals surface area (Å²) in [6.07, 6.45) is 13.8. The molecule has 0 aromatic heterocycles. The lowest BCUT2D eigenvalue weighted by atomic mass is 9.72. The van der Waals surface area contributed by atoms with Crippen molar-refractivity contribution in [2.45, 2.75) is 60.0 Å². The van der Waals surface area contributed by atoms with Gasteiger partial charge in [-0.1, -0.05) is 67.5 Å². The highest BCUT2D eigenvalue weighted by atomic mass is 16.6. The molecular formula is C30H38O6. The van der Waals surface area contributed by atoms with E-state index in [1.807, 2.05) is 19.1 Å². The van der Waals surface area contributed by atoms with E-state index in [2.05, 4.69) is 32.9 Å². The van der Waals surface area contributed by atoms with E-state index in [1.54, 1.807) is 25.1 Å². The highest BCUT2D eigenvalue weighted by Crippen LogP contribution is 2.40. The summed E-state index contributed by atoms with van der Waals surface area (Å²) < 4.78 is 10.2. The molecule has 6 nitrogen and oxygen atoms in total. The number of carbonyl (C=O) groups is 2. The Morgan fingerprint density at radius 1 is 1.14 bits per heavy atom. The molecule has 0 radical (unpaired) electrons. The van der Waals surface area contributed by atoms with Crippen molar-refractivity contribution in [1.82, 2.24) is 0 Å². The van der Waals surface area contributed by atoms with Crippen molar-refractivity contribution in [2.24, 2.45) is 5.41 Å². The Bertz CT molecular complexity index is 1080. The molecular weight excluding hydrogens is 456 g/mol. The Labute approximate surface area is 214 Å².